The van der Waals surface area contributed by atoms with Gasteiger partial charge in [0.2, 0.25) is 0 Å². The van der Waals surface area contributed by atoms with Gasteiger partial charge in [-0.15, -0.1) is 0 Å². The van der Waals surface area contributed by atoms with E-state index in [9.17, 15) is 4.79 Å². The number of nitrogens with one attached hydrogen (secondary N) is 1. The molecule has 0 unspecified atom stereocenters. The van der Waals surface area contributed by atoms with E-state index >= 15 is 0 Å². The van der Waals surface area contributed by atoms with Crippen molar-refractivity contribution < 1.29 is 4.79 Å². The Morgan fingerprint density at radius 2 is 2.00 bits per heavy atom. The van der Waals surface area contributed by atoms with E-state index < -0.39 is 0 Å². The molecule has 1 aliphatic rings. The first-order valence-corrected chi connectivity index (χ1v) is 7.61. The zero-order valence-corrected chi connectivity index (χ0v) is 13.4. The first kappa shape index (κ1) is 14.0. The third kappa shape index (κ3) is 3.13. The molecular formula is C13H16Br2N2O. The zero-order chi connectivity index (χ0) is 13.1. The quantitative estimate of drug-likeness (QED) is 0.861. The van der Waals surface area contributed by atoms with Crippen molar-refractivity contribution >= 4 is 37.8 Å². The molecule has 0 aromatic heterocycles. The number of carbonyl (C=O) groups is 1. The molecule has 1 saturated heterocycles. The lowest BCUT2D eigenvalue weighted by Crippen LogP contribution is -2.44. The van der Waals surface area contributed by atoms with Crippen molar-refractivity contribution in [3.63, 3.8) is 0 Å². The van der Waals surface area contributed by atoms with Crippen LogP contribution in [0.4, 0.5) is 0 Å². The van der Waals surface area contributed by atoms with Crippen molar-refractivity contribution in [1.82, 2.24) is 10.2 Å². The van der Waals surface area contributed by atoms with Crippen LogP contribution in [0.15, 0.2) is 27.1 Å². The molecule has 1 heterocycles. The summed E-state index contributed by atoms with van der Waals surface area (Å²) in [6, 6.07) is 6.02. The van der Waals surface area contributed by atoms with Crippen LogP contribution in [0.3, 0.4) is 0 Å². The smallest absolute Gasteiger partial charge is 0.255 e. The summed E-state index contributed by atoms with van der Waals surface area (Å²) < 4.78 is 1.77. The minimum absolute atomic E-state index is 0.0788. The number of hydrogen-bond acceptors (Lipinski definition) is 2. The Hall–Kier alpha value is -0.390. The topological polar surface area (TPSA) is 32.3 Å². The standard InChI is InChI=1S/C13H16Br2N2O/c1-17(10-4-6-16-7-5-10)13(18)11-8-9(14)2-3-12(11)15/h2-3,8,10,16H,4-7H2,1H3. The van der Waals surface area contributed by atoms with Gasteiger partial charge in [-0.25, -0.2) is 0 Å². The van der Waals surface area contributed by atoms with Crippen molar-refractivity contribution in [2.45, 2.75) is 18.9 Å². The molecule has 0 bridgehead atoms. The molecule has 0 atom stereocenters. The Morgan fingerprint density at radius 1 is 1.33 bits per heavy atom. The van der Waals surface area contributed by atoms with Crippen LogP contribution in [-0.2, 0) is 0 Å². The predicted molar refractivity (Wildman–Crippen MR) is 79.8 cm³/mol. The predicted octanol–water partition coefficient (Wildman–Crippen LogP) is 3.04. The fourth-order valence-electron chi connectivity index (χ4n) is 2.21. The van der Waals surface area contributed by atoms with Gasteiger partial charge in [-0.2, -0.15) is 0 Å². The summed E-state index contributed by atoms with van der Waals surface area (Å²) in [4.78, 5) is 14.3. The van der Waals surface area contributed by atoms with Gasteiger partial charge in [0, 0.05) is 22.0 Å². The molecule has 0 saturated carbocycles. The molecule has 0 radical (unpaired) electrons. The molecule has 18 heavy (non-hydrogen) atoms. The summed E-state index contributed by atoms with van der Waals surface area (Å²) in [5.74, 6) is 0.0788. The molecule has 1 amide bonds. The van der Waals surface area contributed by atoms with Gasteiger partial charge in [-0.3, -0.25) is 4.79 Å². The normalized spacial score (nSPS) is 16.6. The van der Waals surface area contributed by atoms with Crippen LogP contribution in [0.1, 0.15) is 23.2 Å². The Balaban J connectivity index is 2.16. The van der Waals surface area contributed by atoms with E-state index in [-0.39, 0.29) is 5.91 Å². The maximum atomic E-state index is 12.5. The summed E-state index contributed by atoms with van der Waals surface area (Å²) in [5, 5.41) is 3.31. The molecule has 1 N–H and O–H groups in total. The fraction of sp³-hybridized carbons (Fsp3) is 0.462. The Morgan fingerprint density at radius 3 is 2.67 bits per heavy atom. The monoisotopic (exact) mass is 374 g/mol. The molecule has 5 heteroatoms. The highest BCUT2D eigenvalue weighted by Crippen LogP contribution is 2.24. The number of piperidine rings is 1. The van der Waals surface area contributed by atoms with Gasteiger partial charge >= 0.3 is 0 Å². The summed E-state index contributed by atoms with van der Waals surface area (Å²) in [6.45, 7) is 1.98. The van der Waals surface area contributed by atoms with Crippen molar-refractivity contribution in [2.24, 2.45) is 0 Å². The lowest BCUT2D eigenvalue weighted by molar-refractivity contribution is 0.0702. The second kappa shape index (κ2) is 6.17. The number of rotatable bonds is 2. The average Bonchev–Trinajstić information content (AvgIpc) is 2.41. The molecule has 2 rings (SSSR count). The highest BCUT2D eigenvalue weighted by molar-refractivity contribution is 9.11. The van der Waals surface area contributed by atoms with E-state index in [0.717, 1.165) is 34.9 Å². The van der Waals surface area contributed by atoms with Crippen molar-refractivity contribution in [3.8, 4) is 0 Å². The Bertz CT molecular complexity index is 445. The van der Waals surface area contributed by atoms with Crippen LogP contribution in [0.5, 0.6) is 0 Å². The SMILES string of the molecule is CN(C(=O)c1cc(Br)ccc1Br)C1CCNCC1. The van der Waals surface area contributed by atoms with Crippen LogP contribution in [0.25, 0.3) is 0 Å². The summed E-state index contributed by atoms with van der Waals surface area (Å²) in [5.41, 5.74) is 0.713. The third-order valence-corrected chi connectivity index (χ3v) is 4.52. The minimum atomic E-state index is 0.0788. The minimum Gasteiger partial charge on any atom is -0.339 e. The van der Waals surface area contributed by atoms with E-state index in [1.807, 2.05) is 30.1 Å². The van der Waals surface area contributed by atoms with Crippen LogP contribution >= 0.6 is 31.9 Å². The van der Waals surface area contributed by atoms with Gasteiger partial charge in [0.05, 0.1) is 5.56 Å². The summed E-state index contributed by atoms with van der Waals surface area (Å²) in [7, 11) is 1.89. The summed E-state index contributed by atoms with van der Waals surface area (Å²) in [6.07, 6.45) is 2.04. The molecule has 1 aromatic rings. The van der Waals surface area contributed by atoms with E-state index in [1.165, 1.54) is 0 Å². The number of amides is 1. The van der Waals surface area contributed by atoms with E-state index in [1.54, 1.807) is 0 Å². The Labute approximate surface area is 124 Å². The third-order valence-electron chi connectivity index (χ3n) is 3.34. The number of hydrogen-bond donors (Lipinski definition) is 1. The molecule has 1 fully saturated rings. The summed E-state index contributed by atoms with van der Waals surface area (Å²) >= 11 is 6.85. The first-order chi connectivity index (χ1) is 8.59. The van der Waals surface area contributed by atoms with Gasteiger partial charge in [0.25, 0.3) is 5.91 Å². The molecule has 1 aliphatic heterocycles. The van der Waals surface area contributed by atoms with E-state index in [4.69, 9.17) is 0 Å². The van der Waals surface area contributed by atoms with E-state index in [2.05, 4.69) is 37.2 Å². The Kier molecular flexibility index (Phi) is 4.81. The number of halogens is 2. The number of nitrogens with zero attached hydrogens (tertiary/aromatic N) is 1. The highest BCUT2D eigenvalue weighted by atomic mass is 79.9. The fourth-order valence-corrected chi connectivity index (χ4v) is 2.99. The van der Waals surface area contributed by atoms with Crippen LogP contribution < -0.4 is 5.32 Å². The van der Waals surface area contributed by atoms with Crippen molar-refractivity contribution in [1.29, 1.82) is 0 Å². The van der Waals surface area contributed by atoms with Crippen LogP contribution in [0.2, 0.25) is 0 Å². The lowest BCUT2D eigenvalue weighted by Gasteiger charge is -2.32. The second-order valence-electron chi connectivity index (χ2n) is 4.52. The molecular weight excluding hydrogens is 360 g/mol. The average molecular weight is 376 g/mol. The van der Waals surface area contributed by atoms with Gasteiger partial charge < -0.3 is 10.2 Å². The van der Waals surface area contributed by atoms with E-state index in [0.29, 0.717) is 11.6 Å². The zero-order valence-electron chi connectivity index (χ0n) is 10.2. The van der Waals surface area contributed by atoms with Gasteiger partial charge in [-0.1, -0.05) is 15.9 Å². The lowest BCUT2D eigenvalue weighted by atomic mass is 10.0. The molecule has 1 aromatic carbocycles. The van der Waals surface area contributed by atoms with Crippen LogP contribution in [0, 0.1) is 0 Å². The van der Waals surface area contributed by atoms with Crippen molar-refractivity contribution in [2.75, 3.05) is 20.1 Å². The molecule has 98 valence electrons. The number of carbonyl (C=O) groups excluding carboxylic acids is 1. The molecule has 0 aliphatic carbocycles. The number of benzene rings is 1. The maximum Gasteiger partial charge on any atom is 0.255 e. The van der Waals surface area contributed by atoms with Gasteiger partial charge in [-0.05, 0) is 60.1 Å². The molecule has 0 spiro atoms. The highest BCUT2D eigenvalue weighted by Gasteiger charge is 2.24. The second-order valence-corrected chi connectivity index (χ2v) is 6.29. The maximum absolute atomic E-state index is 12.5. The first-order valence-electron chi connectivity index (χ1n) is 6.02. The molecule has 3 nitrogen and oxygen atoms in total. The largest absolute Gasteiger partial charge is 0.339 e. The van der Waals surface area contributed by atoms with Crippen molar-refractivity contribution in [3.05, 3.63) is 32.7 Å². The van der Waals surface area contributed by atoms with Gasteiger partial charge in [0.15, 0.2) is 0 Å². The van der Waals surface area contributed by atoms with Gasteiger partial charge in [0.1, 0.15) is 0 Å². The van der Waals surface area contributed by atoms with Crippen LogP contribution in [-0.4, -0.2) is 37.0 Å².